The fraction of sp³-hybridized carbons (Fsp3) is 0.333. The number of aromatic nitrogens is 1. The van der Waals surface area contributed by atoms with Gasteiger partial charge in [0.05, 0.1) is 6.10 Å². The number of pyridine rings is 1. The van der Waals surface area contributed by atoms with E-state index in [1.165, 1.54) is 13.0 Å². The molecule has 112 valence electrons. The third-order valence-corrected chi connectivity index (χ3v) is 4.05. The molecule has 2 aromatic rings. The molecule has 1 aromatic carbocycles. The summed E-state index contributed by atoms with van der Waals surface area (Å²) in [6, 6.07) is 6.37. The van der Waals surface area contributed by atoms with Gasteiger partial charge in [0.1, 0.15) is 6.10 Å². The maximum atomic E-state index is 11.8. The van der Waals surface area contributed by atoms with Crippen molar-refractivity contribution in [1.82, 2.24) is 4.98 Å². The van der Waals surface area contributed by atoms with Crippen molar-refractivity contribution in [2.45, 2.75) is 25.6 Å². The molecule has 0 saturated heterocycles. The number of carbonyl (C=O) groups excluding carboxylic acids is 1. The summed E-state index contributed by atoms with van der Waals surface area (Å²) >= 11 is 1.11. The number of nitrogens with one attached hydrogen (secondary N) is 1. The Balaban J connectivity index is 2.15. The van der Waals surface area contributed by atoms with Gasteiger partial charge in [-0.25, -0.2) is 0 Å². The zero-order valence-corrected chi connectivity index (χ0v) is 12.4. The second kappa shape index (κ2) is 6.89. The van der Waals surface area contributed by atoms with Crippen molar-refractivity contribution in [3.05, 3.63) is 46.2 Å². The van der Waals surface area contributed by atoms with Gasteiger partial charge in [0, 0.05) is 35.8 Å². The first-order chi connectivity index (χ1) is 9.99. The van der Waals surface area contributed by atoms with Crippen LogP contribution >= 0.6 is 11.8 Å². The van der Waals surface area contributed by atoms with Crippen LogP contribution in [-0.2, 0) is 4.79 Å². The number of carbonyl (C=O) groups is 1. The highest BCUT2D eigenvalue weighted by atomic mass is 32.2. The van der Waals surface area contributed by atoms with Crippen LogP contribution in [0.3, 0.4) is 0 Å². The second-order valence-corrected chi connectivity index (χ2v) is 6.06. The molecule has 0 spiro atoms. The van der Waals surface area contributed by atoms with Gasteiger partial charge >= 0.3 is 0 Å². The van der Waals surface area contributed by atoms with Crippen LogP contribution in [0.4, 0.5) is 0 Å². The molecular formula is C15H17NO4S. The van der Waals surface area contributed by atoms with E-state index in [0.717, 1.165) is 11.8 Å². The molecule has 0 fully saturated rings. The minimum atomic E-state index is -1.08. The molecule has 5 nitrogen and oxygen atoms in total. The monoisotopic (exact) mass is 307 g/mol. The molecule has 0 amide bonds. The number of H-pyrrole nitrogens is 1. The number of hydrogen-bond donors (Lipinski definition) is 3. The lowest BCUT2D eigenvalue weighted by molar-refractivity contribution is -0.109. The summed E-state index contributed by atoms with van der Waals surface area (Å²) in [6.45, 7) is 1.46. The molecule has 2 rings (SSSR count). The number of benzene rings is 1. The molecule has 0 saturated carbocycles. The van der Waals surface area contributed by atoms with E-state index in [1.54, 1.807) is 24.4 Å². The molecule has 21 heavy (non-hydrogen) atoms. The van der Waals surface area contributed by atoms with Crippen molar-refractivity contribution < 1.29 is 15.0 Å². The molecule has 2 atom stereocenters. The largest absolute Gasteiger partial charge is 0.390 e. The first kappa shape index (κ1) is 15.8. The van der Waals surface area contributed by atoms with Crippen molar-refractivity contribution >= 4 is 27.8 Å². The minimum Gasteiger partial charge on any atom is -0.390 e. The minimum absolute atomic E-state index is 0.0195. The van der Waals surface area contributed by atoms with Crippen molar-refractivity contribution in [3.63, 3.8) is 0 Å². The van der Waals surface area contributed by atoms with Crippen LogP contribution in [0.5, 0.6) is 0 Å². The smallest absolute Gasteiger partial charge is 0.189 e. The maximum absolute atomic E-state index is 11.8. The third kappa shape index (κ3) is 3.93. The van der Waals surface area contributed by atoms with E-state index in [-0.39, 0.29) is 10.5 Å². The van der Waals surface area contributed by atoms with Gasteiger partial charge in [-0.3, -0.25) is 9.59 Å². The lowest BCUT2D eigenvalue weighted by Crippen LogP contribution is -2.19. The standard InChI is InChI=1S/C15H17NO4S/c1-9(17)21-7-5-14(19)15(20)10-2-3-12-11(8-10)13(18)4-6-16-12/h2-4,6,8,14-15,19-20H,5,7H2,1H3,(H,16,18). The zero-order valence-electron chi connectivity index (χ0n) is 11.6. The number of aliphatic hydroxyl groups is 2. The predicted molar refractivity (Wildman–Crippen MR) is 83.3 cm³/mol. The summed E-state index contributed by atoms with van der Waals surface area (Å²) in [6.07, 6.45) is -0.193. The van der Waals surface area contributed by atoms with Crippen molar-refractivity contribution in [2.24, 2.45) is 0 Å². The average Bonchev–Trinajstić information content (AvgIpc) is 2.46. The van der Waals surface area contributed by atoms with Gasteiger partial charge in [-0.1, -0.05) is 17.8 Å². The highest BCUT2D eigenvalue weighted by Gasteiger charge is 2.19. The van der Waals surface area contributed by atoms with Gasteiger partial charge in [0.15, 0.2) is 10.5 Å². The molecule has 2 unspecified atom stereocenters. The van der Waals surface area contributed by atoms with Crippen LogP contribution in [0.1, 0.15) is 25.0 Å². The number of aliphatic hydroxyl groups excluding tert-OH is 2. The zero-order chi connectivity index (χ0) is 15.4. The van der Waals surface area contributed by atoms with Crippen LogP contribution in [-0.4, -0.2) is 32.2 Å². The fourth-order valence-electron chi connectivity index (χ4n) is 2.08. The quantitative estimate of drug-likeness (QED) is 0.780. The number of fused-ring (bicyclic) bond motifs is 1. The molecular weight excluding hydrogens is 290 g/mol. The Morgan fingerprint density at radius 2 is 2.10 bits per heavy atom. The van der Waals surface area contributed by atoms with Gasteiger partial charge in [-0.2, -0.15) is 0 Å². The second-order valence-electron chi connectivity index (χ2n) is 4.79. The van der Waals surface area contributed by atoms with E-state index in [0.29, 0.717) is 28.6 Å². The number of thioether (sulfide) groups is 1. The Bertz CT molecular complexity index is 697. The molecule has 0 bridgehead atoms. The Hall–Kier alpha value is -1.63. The SMILES string of the molecule is CC(=O)SCCC(O)C(O)c1ccc2[nH]ccc(=O)c2c1. The molecule has 3 N–H and O–H groups in total. The molecule has 0 aliphatic carbocycles. The van der Waals surface area contributed by atoms with E-state index < -0.39 is 12.2 Å². The molecule has 0 radical (unpaired) electrons. The van der Waals surface area contributed by atoms with Crippen molar-refractivity contribution in [1.29, 1.82) is 0 Å². The van der Waals surface area contributed by atoms with E-state index in [2.05, 4.69) is 4.98 Å². The molecule has 0 aliphatic rings. The maximum Gasteiger partial charge on any atom is 0.189 e. The molecule has 0 aliphatic heterocycles. The Morgan fingerprint density at radius 1 is 1.33 bits per heavy atom. The topological polar surface area (TPSA) is 90.4 Å². The summed E-state index contributed by atoms with van der Waals surface area (Å²) in [5, 5.41) is 20.6. The summed E-state index contributed by atoms with van der Waals surface area (Å²) in [5.74, 6) is 0.446. The number of rotatable bonds is 5. The van der Waals surface area contributed by atoms with Crippen LogP contribution in [0.15, 0.2) is 35.3 Å². The van der Waals surface area contributed by atoms with E-state index in [4.69, 9.17) is 0 Å². The molecule has 1 heterocycles. The van der Waals surface area contributed by atoms with Crippen LogP contribution in [0.2, 0.25) is 0 Å². The fourth-order valence-corrected chi connectivity index (χ4v) is 2.72. The summed E-state index contributed by atoms with van der Waals surface area (Å²) in [7, 11) is 0. The Morgan fingerprint density at radius 3 is 2.81 bits per heavy atom. The van der Waals surface area contributed by atoms with Crippen LogP contribution < -0.4 is 5.43 Å². The molecule has 6 heteroatoms. The van der Waals surface area contributed by atoms with Gasteiger partial charge < -0.3 is 15.2 Å². The van der Waals surface area contributed by atoms with E-state index in [1.807, 2.05) is 0 Å². The number of aromatic amines is 1. The summed E-state index contributed by atoms with van der Waals surface area (Å²) in [4.78, 5) is 25.5. The number of hydrogen-bond acceptors (Lipinski definition) is 5. The van der Waals surface area contributed by atoms with E-state index in [9.17, 15) is 19.8 Å². The highest BCUT2D eigenvalue weighted by Crippen LogP contribution is 2.22. The summed E-state index contributed by atoms with van der Waals surface area (Å²) in [5.41, 5.74) is 1.03. The molecule has 1 aromatic heterocycles. The van der Waals surface area contributed by atoms with Gasteiger partial charge in [0.2, 0.25) is 0 Å². The van der Waals surface area contributed by atoms with Crippen LogP contribution in [0.25, 0.3) is 10.9 Å². The van der Waals surface area contributed by atoms with Gasteiger partial charge in [-0.05, 0) is 24.1 Å². The average molecular weight is 307 g/mol. The van der Waals surface area contributed by atoms with Crippen molar-refractivity contribution in [3.8, 4) is 0 Å². The lowest BCUT2D eigenvalue weighted by Gasteiger charge is -2.18. The van der Waals surface area contributed by atoms with Gasteiger partial charge in [-0.15, -0.1) is 0 Å². The predicted octanol–water partition coefficient (Wildman–Crippen LogP) is 1.59. The van der Waals surface area contributed by atoms with E-state index >= 15 is 0 Å². The third-order valence-electron chi connectivity index (χ3n) is 3.21. The normalized spacial score (nSPS) is 14.0. The first-order valence-corrected chi connectivity index (χ1v) is 7.58. The Kier molecular flexibility index (Phi) is 5.17. The first-order valence-electron chi connectivity index (χ1n) is 6.60. The highest BCUT2D eigenvalue weighted by molar-refractivity contribution is 8.13. The Labute approximate surface area is 126 Å². The van der Waals surface area contributed by atoms with Crippen molar-refractivity contribution in [2.75, 3.05) is 5.75 Å². The van der Waals surface area contributed by atoms with Crippen LogP contribution in [0, 0.1) is 0 Å². The van der Waals surface area contributed by atoms with Gasteiger partial charge in [0.25, 0.3) is 0 Å². The summed E-state index contributed by atoms with van der Waals surface area (Å²) < 4.78 is 0. The lowest BCUT2D eigenvalue weighted by atomic mass is 10.0.